The minimum absolute atomic E-state index is 0.518. The van der Waals surface area contributed by atoms with Gasteiger partial charge in [-0.15, -0.1) is 0 Å². The summed E-state index contributed by atoms with van der Waals surface area (Å²) in [7, 11) is 0. The zero-order valence-electron chi connectivity index (χ0n) is 13.2. The highest BCUT2D eigenvalue weighted by Crippen LogP contribution is 2.13. The Balaban J connectivity index is 2.25. The second kappa shape index (κ2) is 10.7. The number of hydrogen-bond donors (Lipinski definition) is 1. The lowest BCUT2D eigenvalue weighted by molar-refractivity contribution is 0.101. The van der Waals surface area contributed by atoms with Gasteiger partial charge in [0.25, 0.3) is 0 Å². The van der Waals surface area contributed by atoms with Crippen molar-refractivity contribution in [3.8, 4) is 5.75 Å². The summed E-state index contributed by atoms with van der Waals surface area (Å²) in [6.07, 6.45) is 3.29. The molecule has 0 radical (unpaired) electrons. The van der Waals surface area contributed by atoms with Crippen LogP contribution in [0.2, 0.25) is 0 Å². The molecule has 114 valence electrons. The van der Waals surface area contributed by atoms with Gasteiger partial charge in [-0.05, 0) is 50.4 Å². The summed E-state index contributed by atoms with van der Waals surface area (Å²) < 4.78 is 11.0. The van der Waals surface area contributed by atoms with E-state index in [9.17, 15) is 0 Å². The number of benzene rings is 1. The van der Waals surface area contributed by atoms with Gasteiger partial charge in [0.05, 0.1) is 6.61 Å². The van der Waals surface area contributed by atoms with Crippen LogP contribution in [0.1, 0.15) is 39.2 Å². The van der Waals surface area contributed by atoms with Gasteiger partial charge in [-0.25, -0.2) is 0 Å². The number of nitrogens with one attached hydrogen (secondary N) is 1. The average Bonchev–Trinajstić information content (AvgIpc) is 2.46. The fourth-order valence-corrected chi connectivity index (χ4v) is 2.00. The van der Waals surface area contributed by atoms with Crippen molar-refractivity contribution >= 4 is 0 Å². The largest absolute Gasteiger partial charge is 0.491 e. The first kappa shape index (κ1) is 17.0. The Labute approximate surface area is 123 Å². The third-order valence-corrected chi connectivity index (χ3v) is 3.05. The molecule has 1 rings (SSSR count). The van der Waals surface area contributed by atoms with Crippen LogP contribution in [0.15, 0.2) is 24.3 Å². The molecule has 0 fully saturated rings. The molecule has 1 aromatic rings. The maximum atomic E-state index is 5.64. The molecule has 0 amide bonds. The SMILES string of the molecule is CCCNC(C)Cc1ccc(OCCOCCC)cc1. The van der Waals surface area contributed by atoms with Crippen molar-refractivity contribution in [1.82, 2.24) is 5.32 Å². The monoisotopic (exact) mass is 279 g/mol. The molecule has 0 heterocycles. The van der Waals surface area contributed by atoms with E-state index in [-0.39, 0.29) is 0 Å². The maximum Gasteiger partial charge on any atom is 0.119 e. The Bertz CT molecular complexity index is 337. The van der Waals surface area contributed by atoms with Crippen LogP contribution >= 0.6 is 0 Å². The summed E-state index contributed by atoms with van der Waals surface area (Å²) in [6, 6.07) is 8.89. The first-order valence-corrected chi connectivity index (χ1v) is 7.79. The van der Waals surface area contributed by atoms with Crippen molar-refractivity contribution in [3.05, 3.63) is 29.8 Å². The number of rotatable bonds is 11. The van der Waals surface area contributed by atoms with Crippen LogP contribution in [-0.2, 0) is 11.2 Å². The van der Waals surface area contributed by atoms with Crippen LogP contribution in [-0.4, -0.2) is 32.4 Å². The van der Waals surface area contributed by atoms with Gasteiger partial charge in [-0.2, -0.15) is 0 Å². The molecular formula is C17H29NO2. The zero-order chi connectivity index (χ0) is 14.6. The molecule has 0 spiro atoms. The van der Waals surface area contributed by atoms with Gasteiger partial charge in [0.15, 0.2) is 0 Å². The predicted molar refractivity (Wildman–Crippen MR) is 84.5 cm³/mol. The van der Waals surface area contributed by atoms with Crippen molar-refractivity contribution in [3.63, 3.8) is 0 Å². The molecule has 20 heavy (non-hydrogen) atoms. The van der Waals surface area contributed by atoms with Crippen LogP contribution in [0.25, 0.3) is 0 Å². The molecule has 0 aliphatic rings. The molecular weight excluding hydrogens is 250 g/mol. The van der Waals surface area contributed by atoms with Gasteiger partial charge in [-0.3, -0.25) is 0 Å². The van der Waals surface area contributed by atoms with Crippen molar-refractivity contribution in [2.45, 2.75) is 46.1 Å². The van der Waals surface area contributed by atoms with Crippen LogP contribution in [0.4, 0.5) is 0 Å². The lowest BCUT2D eigenvalue weighted by Gasteiger charge is -2.13. The Morgan fingerprint density at radius 3 is 2.40 bits per heavy atom. The summed E-state index contributed by atoms with van der Waals surface area (Å²) in [5.74, 6) is 0.919. The van der Waals surface area contributed by atoms with Gasteiger partial charge in [-0.1, -0.05) is 26.0 Å². The van der Waals surface area contributed by atoms with Crippen molar-refractivity contribution in [2.75, 3.05) is 26.4 Å². The Hall–Kier alpha value is -1.06. The predicted octanol–water partition coefficient (Wildman–Crippen LogP) is 3.42. The van der Waals surface area contributed by atoms with Gasteiger partial charge >= 0.3 is 0 Å². The second-order valence-electron chi connectivity index (χ2n) is 5.16. The normalized spacial score (nSPS) is 12.3. The van der Waals surface area contributed by atoms with Gasteiger partial charge < -0.3 is 14.8 Å². The van der Waals surface area contributed by atoms with E-state index in [1.54, 1.807) is 0 Å². The van der Waals surface area contributed by atoms with E-state index < -0.39 is 0 Å². The molecule has 1 unspecified atom stereocenters. The lowest BCUT2D eigenvalue weighted by Crippen LogP contribution is -2.28. The summed E-state index contributed by atoms with van der Waals surface area (Å²) >= 11 is 0. The molecule has 1 N–H and O–H groups in total. The van der Waals surface area contributed by atoms with Crippen molar-refractivity contribution < 1.29 is 9.47 Å². The Morgan fingerprint density at radius 2 is 1.75 bits per heavy atom. The molecule has 0 bridgehead atoms. The number of ether oxygens (including phenoxy) is 2. The summed E-state index contributed by atoms with van der Waals surface area (Å²) in [5, 5.41) is 3.50. The van der Waals surface area contributed by atoms with Gasteiger partial charge in [0, 0.05) is 12.6 Å². The van der Waals surface area contributed by atoms with Crippen LogP contribution in [0, 0.1) is 0 Å². The number of hydrogen-bond acceptors (Lipinski definition) is 3. The quantitative estimate of drug-likeness (QED) is 0.630. The highest BCUT2D eigenvalue weighted by molar-refractivity contribution is 5.27. The standard InChI is InChI=1S/C17H29NO2/c1-4-10-18-15(3)14-16-6-8-17(9-7-16)20-13-12-19-11-5-2/h6-9,15,18H,4-5,10-14H2,1-3H3. The van der Waals surface area contributed by atoms with E-state index in [1.165, 1.54) is 12.0 Å². The smallest absolute Gasteiger partial charge is 0.119 e. The molecule has 0 aliphatic carbocycles. The van der Waals surface area contributed by atoms with Crippen LogP contribution in [0.3, 0.4) is 0 Å². The lowest BCUT2D eigenvalue weighted by atomic mass is 10.1. The fraction of sp³-hybridized carbons (Fsp3) is 0.647. The summed E-state index contributed by atoms with van der Waals surface area (Å²) in [4.78, 5) is 0. The minimum atomic E-state index is 0.518. The van der Waals surface area contributed by atoms with E-state index >= 15 is 0 Å². The Kier molecular flexibility index (Phi) is 9.09. The third-order valence-electron chi connectivity index (χ3n) is 3.05. The highest BCUT2D eigenvalue weighted by Gasteiger charge is 2.02. The molecule has 0 aromatic heterocycles. The van der Waals surface area contributed by atoms with Crippen molar-refractivity contribution in [2.24, 2.45) is 0 Å². The molecule has 3 heteroatoms. The Morgan fingerprint density at radius 1 is 1.00 bits per heavy atom. The average molecular weight is 279 g/mol. The molecule has 0 aliphatic heterocycles. The third kappa shape index (κ3) is 7.51. The molecule has 1 aromatic carbocycles. The molecule has 0 saturated carbocycles. The van der Waals surface area contributed by atoms with E-state index in [0.29, 0.717) is 19.3 Å². The van der Waals surface area contributed by atoms with Gasteiger partial charge in [0.2, 0.25) is 0 Å². The van der Waals surface area contributed by atoms with E-state index in [4.69, 9.17) is 9.47 Å². The molecule has 1 atom stereocenters. The van der Waals surface area contributed by atoms with Crippen LogP contribution < -0.4 is 10.1 Å². The molecule has 0 saturated heterocycles. The van der Waals surface area contributed by atoms with Gasteiger partial charge in [0.1, 0.15) is 12.4 Å². The zero-order valence-corrected chi connectivity index (χ0v) is 13.2. The summed E-state index contributed by atoms with van der Waals surface area (Å²) in [6.45, 7) is 9.70. The maximum absolute atomic E-state index is 5.64. The van der Waals surface area contributed by atoms with E-state index in [2.05, 4.69) is 38.2 Å². The first-order chi connectivity index (χ1) is 9.76. The molecule has 3 nitrogen and oxygen atoms in total. The van der Waals surface area contributed by atoms with Crippen molar-refractivity contribution in [1.29, 1.82) is 0 Å². The van der Waals surface area contributed by atoms with E-state index in [0.717, 1.165) is 31.7 Å². The first-order valence-electron chi connectivity index (χ1n) is 7.79. The van der Waals surface area contributed by atoms with E-state index in [1.807, 2.05) is 12.1 Å². The topological polar surface area (TPSA) is 30.5 Å². The van der Waals surface area contributed by atoms with Crippen LogP contribution in [0.5, 0.6) is 5.75 Å². The minimum Gasteiger partial charge on any atom is -0.491 e. The highest BCUT2D eigenvalue weighted by atomic mass is 16.5. The second-order valence-corrected chi connectivity index (χ2v) is 5.16. The fourth-order valence-electron chi connectivity index (χ4n) is 2.00. The summed E-state index contributed by atoms with van der Waals surface area (Å²) in [5.41, 5.74) is 1.34.